The molecule has 0 saturated heterocycles. The summed E-state index contributed by atoms with van der Waals surface area (Å²) in [5.41, 5.74) is 2.25. The molecular weight excluding hydrogens is 160 g/mol. The molecule has 2 rings (SSSR count). The average molecular weight is 176 g/mol. The van der Waals surface area contributed by atoms with Crippen molar-refractivity contribution >= 4 is 0 Å². The zero-order chi connectivity index (χ0) is 9.31. The summed E-state index contributed by atoms with van der Waals surface area (Å²) in [6.07, 6.45) is 3.95. The van der Waals surface area contributed by atoms with Crippen molar-refractivity contribution in [3.63, 3.8) is 0 Å². The quantitative estimate of drug-likeness (QED) is 0.601. The Balaban J connectivity index is 2.34. The highest BCUT2D eigenvalue weighted by atomic mass is 16.3. The first-order valence-corrected chi connectivity index (χ1v) is 4.97. The molecule has 1 unspecified atom stereocenters. The summed E-state index contributed by atoms with van der Waals surface area (Å²) in [6, 6.07) is 8.45. The van der Waals surface area contributed by atoms with E-state index in [0.29, 0.717) is 0 Å². The van der Waals surface area contributed by atoms with Gasteiger partial charge >= 0.3 is 0 Å². The predicted octanol–water partition coefficient (Wildman–Crippen LogP) is 2.32. The normalized spacial score (nSPS) is 27.8. The number of rotatable bonds is 0. The van der Waals surface area contributed by atoms with Gasteiger partial charge in [-0.05, 0) is 37.3 Å². The minimum Gasteiger partial charge on any atom is -0.390 e. The largest absolute Gasteiger partial charge is 0.390 e. The third-order valence-electron chi connectivity index (χ3n) is 2.85. The number of aryl methyl sites for hydroxylation is 1. The van der Waals surface area contributed by atoms with E-state index in [1.54, 1.807) is 0 Å². The number of hydrogen-bond donors (Lipinski definition) is 1. The summed E-state index contributed by atoms with van der Waals surface area (Å²) < 4.78 is 0. The van der Waals surface area contributed by atoms with E-state index in [9.17, 15) is 5.11 Å². The molecule has 0 radical (unpaired) electrons. The lowest BCUT2D eigenvalue weighted by atomic mass is 9.94. The monoisotopic (exact) mass is 176 g/mol. The molecule has 1 nitrogen and oxygen atoms in total. The van der Waals surface area contributed by atoms with Crippen molar-refractivity contribution in [1.29, 1.82) is 0 Å². The highest BCUT2D eigenvalue weighted by molar-refractivity contribution is 5.29. The molecule has 1 aliphatic rings. The molecule has 0 saturated carbocycles. The van der Waals surface area contributed by atoms with Crippen LogP contribution in [-0.2, 0) is 12.8 Å². The molecule has 1 aliphatic carbocycles. The van der Waals surface area contributed by atoms with Crippen molar-refractivity contribution in [1.82, 2.24) is 0 Å². The average Bonchev–Trinajstić information content (AvgIpc) is 2.21. The fraction of sp³-hybridized carbons (Fsp3) is 0.500. The number of fused-ring (bicyclic) bond motifs is 1. The molecule has 0 bridgehead atoms. The van der Waals surface area contributed by atoms with Crippen molar-refractivity contribution in [3.8, 4) is 0 Å². The summed E-state index contributed by atoms with van der Waals surface area (Å²) >= 11 is 0. The van der Waals surface area contributed by atoms with Crippen LogP contribution in [0.4, 0.5) is 0 Å². The first kappa shape index (κ1) is 8.76. The lowest BCUT2D eigenvalue weighted by Gasteiger charge is -2.20. The minimum absolute atomic E-state index is 0.493. The Morgan fingerprint density at radius 1 is 1.23 bits per heavy atom. The van der Waals surface area contributed by atoms with E-state index in [4.69, 9.17) is 0 Å². The van der Waals surface area contributed by atoms with Crippen LogP contribution >= 0.6 is 0 Å². The van der Waals surface area contributed by atoms with Crippen molar-refractivity contribution in [2.45, 2.75) is 38.2 Å². The highest BCUT2D eigenvalue weighted by Crippen LogP contribution is 2.26. The first-order valence-electron chi connectivity index (χ1n) is 4.97. The molecular formula is C12H16O. The van der Waals surface area contributed by atoms with Crippen LogP contribution in [0.5, 0.6) is 0 Å². The van der Waals surface area contributed by atoms with Crippen LogP contribution in [0, 0.1) is 0 Å². The van der Waals surface area contributed by atoms with E-state index < -0.39 is 5.60 Å². The van der Waals surface area contributed by atoms with Gasteiger partial charge in [-0.3, -0.25) is 0 Å². The Bertz CT molecular complexity index is 302. The summed E-state index contributed by atoms with van der Waals surface area (Å²) in [5, 5.41) is 10.0. The second-order valence-corrected chi connectivity index (χ2v) is 4.30. The number of hydrogen-bond acceptors (Lipinski definition) is 1. The third kappa shape index (κ3) is 1.92. The third-order valence-corrected chi connectivity index (χ3v) is 2.85. The van der Waals surface area contributed by atoms with Gasteiger partial charge in [0.1, 0.15) is 0 Å². The lowest BCUT2D eigenvalue weighted by molar-refractivity contribution is 0.0519. The second kappa shape index (κ2) is 3.15. The van der Waals surface area contributed by atoms with Gasteiger partial charge in [0.15, 0.2) is 0 Å². The van der Waals surface area contributed by atoms with Crippen LogP contribution in [0.15, 0.2) is 24.3 Å². The van der Waals surface area contributed by atoms with Crippen LogP contribution < -0.4 is 0 Å². The Kier molecular flexibility index (Phi) is 2.12. The molecule has 1 heteroatoms. The zero-order valence-electron chi connectivity index (χ0n) is 8.09. The van der Waals surface area contributed by atoms with E-state index in [1.807, 2.05) is 6.92 Å². The van der Waals surface area contributed by atoms with Gasteiger partial charge in [-0.15, -0.1) is 0 Å². The Labute approximate surface area is 79.4 Å². The van der Waals surface area contributed by atoms with Gasteiger partial charge in [0.2, 0.25) is 0 Å². The van der Waals surface area contributed by atoms with E-state index in [2.05, 4.69) is 24.3 Å². The Hall–Kier alpha value is -0.820. The summed E-state index contributed by atoms with van der Waals surface area (Å²) in [6.45, 7) is 1.94. The zero-order valence-corrected chi connectivity index (χ0v) is 8.09. The summed E-state index contributed by atoms with van der Waals surface area (Å²) in [5.74, 6) is 0. The summed E-state index contributed by atoms with van der Waals surface area (Å²) in [7, 11) is 0. The van der Waals surface area contributed by atoms with Crippen LogP contribution in [0.3, 0.4) is 0 Å². The standard InChI is InChI=1S/C12H16O/c1-12(13)8-4-7-10-5-2-3-6-11(10)9-12/h2-3,5-6,13H,4,7-9H2,1H3. The Morgan fingerprint density at radius 3 is 2.69 bits per heavy atom. The molecule has 70 valence electrons. The molecule has 0 amide bonds. The van der Waals surface area contributed by atoms with Gasteiger partial charge < -0.3 is 5.11 Å². The molecule has 0 spiro atoms. The van der Waals surface area contributed by atoms with Crippen LogP contribution in [-0.4, -0.2) is 10.7 Å². The maximum absolute atomic E-state index is 10.0. The second-order valence-electron chi connectivity index (χ2n) is 4.30. The van der Waals surface area contributed by atoms with Gasteiger partial charge in [-0.1, -0.05) is 24.3 Å². The maximum atomic E-state index is 10.0. The smallest absolute Gasteiger partial charge is 0.0660 e. The van der Waals surface area contributed by atoms with Gasteiger partial charge in [0.05, 0.1) is 5.60 Å². The van der Waals surface area contributed by atoms with Gasteiger partial charge in [0, 0.05) is 6.42 Å². The lowest BCUT2D eigenvalue weighted by Crippen LogP contribution is -2.25. The van der Waals surface area contributed by atoms with E-state index >= 15 is 0 Å². The van der Waals surface area contributed by atoms with E-state index in [1.165, 1.54) is 11.1 Å². The topological polar surface area (TPSA) is 20.2 Å². The fourth-order valence-electron chi connectivity index (χ4n) is 2.13. The SMILES string of the molecule is CC1(O)CCCc2ccccc2C1. The minimum atomic E-state index is -0.493. The molecule has 0 aliphatic heterocycles. The first-order chi connectivity index (χ1) is 6.17. The van der Waals surface area contributed by atoms with Gasteiger partial charge in [-0.25, -0.2) is 0 Å². The molecule has 0 fully saturated rings. The maximum Gasteiger partial charge on any atom is 0.0660 e. The van der Waals surface area contributed by atoms with Crippen molar-refractivity contribution in [3.05, 3.63) is 35.4 Å². The molecule has 1 aromatic carbocycles. The van der Waals surface area contributed by atoms with E-state index in [-0.39, 0.29) is 0 Å². The molecule has 0 aromatic heterocycles. The molecule has 1 atom stereocenters. The van der Waals surface area contributed by atoms with Gasteiger partial charge in [-0.2, -0.15) is 0 Å². The van der Waals surface area contributed by atoms with Crippen LogP contribution in [0.25, 0.3) is 0 Å². The fourth-order valence-corrected chi connectivity index (χ4v) is 2.13. The Morgan fingerprint density at radius 2 is 1.92 bits per heavy atom. The van der Waals surface area contributed by atoms with Crippen LogP contribution in [0.1, 0.15) is 30.9 Å². The van der Waals surface area contributed by atoms with Crippen LogP contribution in [0.2, 0.25) is 0 Å². The van der Waals surface area contributed by atoms with Crippen molar-refractivity contribution in [2.75, 3.05) is 0 Å². The molecule has 0 heterocycles. The van der Waals surface area contributed by atoms with Crippen molar-refractivity contribution < 1.29 is 5.11 Å². The molecule has 13 heavy (non-hydrogen) atoms. The number of aliphatic hydroxyl groups is 1. The molecule has 1 aromatic rings. The molecule has 1 N–H and O–H groups in total. The summed E-state index contributed by atoms with van der Waals surface area (Å²) in [4.78, 5) is 0. The number of benzene rings is 1. The van der Waals surface area contributed by atoms with Crippen molar-refractivity contribution in [2.24, 2.45) is 0 Å². The van der Waals surface area contributed by atoms with Gasteiger partial charge in [0.25, 0.3) is 0 Å². The highest BCUT2D eigenvalue weighted by Gasteiger charge is 2.24. The predicted molar refractivity (Wildman–Crippen MR) is 53.7 cm³/mol. The van der Waals surface area contributed by atoms with E-state index in [0.717, 1.165) is 25.7 Å².